The molecule has 3 heterocycles. The number of carbonyl (C=O) groups excluding carboxylic acids is 1. The van der Waals surface area contributed by atoms with E-state index in [4.69, 9.17) is 0 Å². The maximum Gasteiger partial charge on any atom is 0.258 e. The Morgan fingerprint density at radius 3 is 2.64 bits per heavy atom. The van der Waals surface area contributed by atoms with Gasteiger partial charge in [0.25, 0.3) is 5.91 Å². The third-order valence-electron chi connectivity index (χ3n) is 5.32. The van der Waals surface area contributed by atoms with Gasteiger partial charge in [-0.25, -0.2) is 4.98 Å². The van der Waals surface area contributed by atoms with Crippen molar-refractivity contribution in [2.24, 2.45) is 0 Å². The Kier molecular flexibility index (Phi) is 4.05. The number of carbonyl (C=O) groups is 1. The summed E-state index contributed by atoms with van der Waals surface area (Å²) in [6.07, 6.45) is 10.4. The van der Waals surface area contributed by atoms with Crippen molar-refractivity contribution in [3.8, 4) is 5.69 Å². The van der Waals surface area contributed by atoms with Crippen LogP contribution in [0.5, 0.6) is 0 Å². The van der Waals surface area contributed by atoms with Crippen LogP contribution in [0.4, 0.5) is 5.69 Å². The number of fused-ring (bicyclic) bond motifs is 1. The standard InChI is InChI=1S/C23H20N4O/c28-23(19-7-5-8-20(15-19)25-11-3-4-12-25)27-16-21(26-13-10-24-17-26)14-18-6-1-2-9-22(18)27/h1-13,15,17,21H,14,16H2. The van der Waals surface area contributed by atoms with Gasteiger partial charge in [-0.05, 0) is 48.4 Å². The highest BCUT2D eigenvalue weighted by Gasteiger charge is 2.29. The van der Waals surface area contributed by atoms with Gasteiger partial charge in [-0.2, -0.15) is 0 Å². The van der Waals surface area contributed by atoms with Crippen molar-refractivity contribution < 1.29 is 4.79 Å². The predicted octanol–water partition coefficient (Wildman–Crippen LogP) is 4.12. The molecular formula is C23H20N4O. The number of rotatable bonds is 3. The van der Waals surface area contributed by atoms with E-state index in [1.807, 2.05) is 89.0 Å². The normalized spacial score (nSPS) is 16.0. The van der Waals surface area contributed by atoms with Crippen molar-refractivity contribution in [3.63, 3.8) is 0 Å². The van der Waals surface area contributed by atoms with Crippen molar-refractivity contribution in [2.45, 2.75) is 12.5 Å². The number of hydrogen-bond donors (Lipinski definition) is 0. The lowest BCUT2D eigenvalue weighted by Crippen LogP contribution is -2.40. The lowest BCUT2D eigenvalue weighted by molar-refractivity contribution is 0.0980. The van der Waals surface area contributed by atoms with Crippen LogP contribution in [-0.2, 0) is 6.42 Å². The van der Waals surface area contributed by atoms with Gasteiger partial charge < -0.3 is 14.0 Å². The van der Waals surface area contributed by atoms with Crippen molar-refractivity contribution >= 4 is 11.6 Å². The van der Waals surface area contributed by atoms with Crippen molar-refractivity contribution in [1.82, 2.24) is 14.1 Å². The molecule has 4 aromatic rings. The molecule has 1 atom stereocenters. The molecule has 0 spiro atoms. The van der Waals surface area contributed by atoms with Crippen LogP contribution in [-0.4, -0.2) is 26.6 Å². The minimum absolute atomic E-state index is 0.0197. The van der Waals surface area contributed by atoms with Crippen molar-refractivity contribution in [3.05, 3.63) is 103 Å². The fraction of sp³-hybridized carbons (Fsp3) is 0.130. The predicted molar refractivity (Wildman–Crippen MR) is 109 cm³/mol. The van der Waals surface area contributed by atoms with Crippen LogP contribution in [0.2, 0.25) is 0 Å². The zero-order chi connectivity index (χ0) is 18.9. The summed E-state index contributed by atoms with van der Waals surface area (Å²) in [6.45, 7) is 0.625. The second kappa shape index (κ2) is 6.85. The van der Waals surface area contributed by atoms with Gasteiger partial charge in [-0.1, -0.05) is 24.3 Å². The Morgan fingerprint density at radius 1 is 0.964 bits per heavy atom. The van der Waals surface area contributed by atoms with Gasteiger partial charge in [-0.15, -0.1) is 0 Å². The molecule has 0 bridgehead atoms. The molecule has 1 aliphatic heterocycles. The van der Waals surface area contributed by atoms with E-state index in [0.717, 1.165) is 17.8 Å². The third kappa shape index (κ3) is 2.91. The maximum absolute atomic E-state index is 13.5. The van der Waals surface area contributed by atoms with Gasteiger partial charge in [0.1, 0.15) is 0 Å². The highest BCUT2D eigenvalue weighted by atomic mass is 16.2. The van der Waals surface area contributed by atoms with Crippen molar-refractivity contribution in [1.29, 1.82) is 0 Å². The number of nitrogens with zero attached hydrogens (tertiary/aromatic N) is 4. The van der Waals surface area contributed by atoms with E-state index < -0.39 is 0 Å². The summed E-state index contributed by atoms with van der Waals surface area (Å²) in [5, 5.41) is 0. The summed E-state index contributed by atoms with van der Waals surface area (Å²) in [5.74, 6) is 0.0197. The molecule has 5 heteroatoms. The lowest BCUT2D eigenvalue weighted by atomic mass is 9.97. The van der Waals surface area contributed by atoms with Gasteiger partial charge in [0.15, 0.2) is 0 Å². The summed E-state index contributed by atoms with van der Waals surface area (Å²) >= 11 is 0. The first-order valence-electron chi connectivity index (χ1n) is 9.40. The van der Waals surface area contributed by atoms with Crippen LogP contribution in [0.3, 0.4) is 0 Å². The van der Waals surface area contributed by atoms with Gasteiger partial charge in [-0.3, -0.25) is 4.79 Å². The Hall–Kier alpha value is -3.60. The highest BCUT2D eigenvalue weighted by molar-refractivity contribution is 6.07. The Balaban J connectivity index is 1.52. The van der Waals surface area contributed by atoms with Gasteiger partial charge in [0, 0.05) is 48.3 Å². The number of imidazole rings is 1. The van der Waals surface area contributed by atoms with Gasteiger partial charge >= 0.3 is 0 Å². The molecule has 1 aliphatic rings. The van der Waals surface area contributed by atoms with Crippen LogP contribution in [0.1, 0.15) is 22.0 Å². The first kappa shape index (κ1) is 16.6. The first-order chi connectivity index (χ1) is 13.8. The zero-order valence-electron chi connectivity index (χ0n) is 15.3. The molecule has 138 valence electrons. The Bertz CT molecular complexity index is 1100. The molecule has 0 saturated heterocycles. The maximum atomic E-state index is 13.5. The molecule has 2 aromatic carbocycles. The minimum Gasteiger partial charge on any atom is -0.332 e. The van der Waals surface area contributed by atoms with Crippen LogP contribution in [0.25, 0.3) is 5.69 Å². The summed E-state index contributed by atoms with van der Waals surface area (Å²) in [5.41, 5.74) is 3.84. The fourth-order valence-corrected chi connectivity index (χ4v) is 3.91. The van der Waals surface area contributed by atoms with E-state index in [0.29, 0.717) is 12.1 Å². The fourth-order valence-electron chi connectivity index (χ4n) is 3.91. The number of aromatic nitrogens is 3. The van der Waals surface area contributed by atoms with Gasteiger partial charge in [0.2, 0.25) is 0 Å². The number of benzene rings is 2. The summed E-state index contributed by atoms with van der Waals surface area (Å²) in [6, 6.07) is 20.1. The summed E-state index contributed by atoms with van der Waals surface area (Å²) in [4.78, 5) is 19.6. The van der Waals surface area contributed by atoms with E-state index in [1.165, 1.54) is 5.56 Å². The van der Waals surface area contributed by atoms with Gasteiger partial charge in [0.05, 0.1) is 12.4 Å². The monoisotopic (exact) mass is 368 g/mol. The topological polar surface area (TPSA) is 43.1 Å². The van der Waals surface area contributed by atoms with Crippen LogP contribution in [0, 0.1) is 0 Å². The molecule has 0 fully saturated rings. The average Bonchev–Trinajstić information content (AvgIpc) is 3.47. The molecule has 1 amide bonds. The molecule has 5 rings (SSSR count). The largest absolute Gasteiger partial charge is 0.332 e. The Labute approximate surface area is 163 Å². The number of hydrogen-bond acceptors (Lipinski definition) is 2. The molecule has 1 unspecified atom stereocenters. The highest BCUT2D eigenvalue weighted by Crippen LogP contribution is 2.33. The van der Waals surface area contributed by atoms with E-state index in [9.17, 15) is 4.79 Å². The van der Waals surface area contributed by atoms with Crippen LogP contribution in [0.15, 0.2) is 91.8 Å². The molecule has 2 aromatic heterocycles. The third-order valence-corrected chi connectivity index (χ3v) is 5.32. The van der Waals surface area contributed by atoms with E-state index >= 15 is 0 Å². The number of amides is 1. The second-order valence-corrected chi connectivity index (χ2v) is 7.05. The smallest absolute Gasteiger partial charge is 0.258 e. The molecule has 0 radical (unpaired) electrons. The number of para-hydroxylation sites is 1. The molecular weight excluding hydrogens is 348 g/mol. The summed E-state index contributed by atoms with van der Waals surface area (Å²) < 4.78 is 4.10. The first-order valence-corrected chi connectivity index (χ1v) is 9.40. The van der Waals surface area contributed by atoms with Crippen molar-refractivity contribution in [2.75, 3.05) is 11.4 Å². The molecule has 0 saturated carbocycles. The Morgan fingerprint density at radius 2 is 1.82 bits per heavy atom. The molecule has 5 nitrogen and oxygen atoms in total. The second-order valence-electron chi connectivity index (χ2n) is 7.05. The van der Waals surface area contributed by atoms with Crippen LogP contribution >= 0.6 is 0 Å². The molecule has 28 heavy (non-hydrogen) atoms. The minimum atomic E-state index is 0.0197. The van der Waals surface area contributed by atoms with E-state index in [-0.39, 0.29) is 11.9 Å². The quantitative estimate of drug-likeness (QED) is 0.546. The number of anilines is 1. The molecule has 0 N–H and O–H groups in total. The molecule has 0 aliphatic carbocycles. The average molecular weight is 368 g/mol. The van der Waals surface area contributed by atoms with E-state index in [2.05, 4.69) is 15.6 Å². The van der Waals surface area contributed by atoms with E-state index in [1.54, 1.807) is 6.20 Å². The lowest BCUT2D eigenvalue weighted by Gasteiger charge is -2.35. The zero-order valence-corrected chi connectivity index (χ0v) is 15.3. The van der Waals surface area contributed by atoms with Crippen LogP contribution < -0.4 is 4.90 Å². The summed E-state index contributed by atoms with van der Waals surface area (Å²) in [7, 11) is 0. The SMILES string of the molecule is O=C(c1cccc(-n2cccc2)c1)N1CC(n2ccnc2)Cc2ccccc21.